The summed E-state index contributed by atoms with van der Waals surface area (Å²) in [4.78, 5) is 19.2. The van der Waals surface area contributed by atoms with Crippen molar-refractivity contribution in [1.29, 1.82) is 5.41 Å². The van der Waals surface area contributed by atoms with E-state index in [1.165, 1.54) is 0 Å². The second-order valence-electron chi connectivity index (χ2n) is 1.21. The van der Waals surface area contributed by atoms with Gasteiger partial charge in [-0.2, -0.15) is 0 Å². The van der Waals surface area contributed by atoms with E-state index < -0.39 is 18.1 Å². The average molecular weight is 115 g/mol. The zero-order chi connectivity index (χ0) is 6.57. The minimum Gasteiger partial charge on any atom is -0.481 e. The molecular weight excluding hydrogens is 110 g/mol. The maximum atomic E-state index is 9.67. The highest BCUT2D eigenvalue weighted by Crippen LogP contribution is 1.77. The van der Waals surface area contributed by atoms with Gasteiger partial charge in [0.1, 0.15) is 0 Å². The fourth-order valence-electron chi connectivity index (χ4n) is 0.205. The highest BCUT2D eigenvalue weighted by Gasteiger charge is 1.99. The van der Waals surface area contributed by atoms with Crippen LogP contribution in [0.4, 0.5) is 0 Å². The van der Waals surface area contributed by atoms with Crippen LogP contribution in [-0.4, -0.2) is 23.1 Å². The molecule has 0 aliphatic heterocycles. The van der Waals surface area contributed by atoms with Crippen LogP contribution in [0.15, 0.2) is 0 Å². The Kier molecular flexibility index (Phi) is 2.47. The zero-order valence-corrected chi connectivity index (χ0v) is 4.05. The Bertz CT molecular complexity index is 129. The lowest BCUT2D eigenvalue weighted by atomic mass is 10.3. The lowest BCUT2D eigenvalue weighted by Crippen LogP contribution is -2.05. The van der Waals surface area contributed by atoms with Gasteiger partial charge in [0.2, 0.25) is 0 Å². The maximum absolute atomic E-state index is 9.67. The molecule has 2 N–H and O–H groups in total. The van der Waals surface area contributed by atoms with Gasteiger partial charge in [0.25, 0.3) is 0 Å². The van der Waals surface area contributed by atoms with Gasteiger partial charge in [0.15, 0.2) is 6.29 Å². The van der Waals surface area contributed by atoms with Crippen molar-refractivity contribution < 1.29 is 14.7 Å². The van der Waals surface area contributed by atoms with E-state index in [-0.39, 0.29) is 6.29 Å². The predicted molar refractivity (Wildman–Crippen MR) is 26.0 cm³/mol. The lowest BCUT2D eigenvalue weighted by Gasteiger charge is -1.83. The number of aliphatic carboxylic acids is 1. The largest absolute Gasteiger partial charge is 0.481 e. The summed E-state index contributed by atoms with van der Waals surface area (Å²) in [6.45, 7) is 0. The van der Waals surface area contributed by atoms with E-state index in [0.717, 1.165) is 0 Å². The molecule has 0 radical (unpaired) electrons. The number of carbonyl (C=O) groups excluding carboxylic acids is 1. The number of aldehydes is 1. The summed E-state index contributed by atoms with van der Waals surface area (Å²) in [6, 6.07) is 0. The van der Waals surface area contributed by atoms with Crippen LogP contribution in [0.1, 0.15) is 6.42 Å². The van der Waals surface area contributed by atoms with Crippen LogP contribution in [0.3, 0.4) is 0 Å². The summed E-state index contributed by atoms with van der Waals surface area (Å²) in [5.41, 5.74) is -0.405. The summed E-state index contributed by atoms with van der Waals surface area (Å²) < 4.78 is 0. The molecule has 0 atom stereocenters. The highest BCUT2D eigenvalue weighted by atomic mass is 16.4. The quantitative estimate of drug-likeness (QED) is 0.390. The number of nitrogens with one attached hydrogen (secondary N) is 1. The number of rotatable bonds is 3. The van der Waals surface area contributed by atoms with E-state index >= 15 is 0 Å². The first kappa shape index (κ1) is 6.81. The molecule has 0 rings (SSSR count). The van der Waals surface area contributed by atoms with Crippen molar-refractivity contribution in [3.63, 3.8) is 0 Å². The van der Waals surface area contributed by atoms with Crippen molar-refractivity contribution in [2.45, 2.75) is 6.42 Å². The molecule has 0 aromatic rings. The van der Waals surface area contributed by atoms with Crippen LogP contribution >= 0.6 is 0 Å². The molecule has 4 nitrogen and oxygen atoms in total. The number of carboxylic acid groups (broad SMARTS) is 1. The van der Waals surface area contributed by atoms with Crippen molar-refractivity contribution in [3.05, 3.63) is 0 Å². The van der Waals surface area contributed by atoms with Gasteiger partial charge in [-0.3, -0.25) is 9.59 Å². The van der Waals surface area contributed by atoms with Crippen LogP contribution in [0.2, 0.25) is 0 Å². The van der Waals surface area contributed by atoms with Crippen LogP contribution in [0, 0.1) is 5.41 Å². The Labute approximate surface area is 45.6 Å². The monoisotopic (exact) mass is 115 g/mol. The highest BCUT2D eigenvalue weighted by molar-refractivity contribution is 6.30. The van der Waals surface area contributed by atoms with E-state index in [2.05, 4.69) is 0 Å². The Morgan fingerprint density at radius 2 is 2.25 bits per heavy atom. The lowest BCUT2D eigenvalue weighted by molar-refractivity contribution is -0.135. The van der Waals surface area contributed by atoms with Crippen molar-refractivity contribution in [3.8, 4) is 0 Å². The third-order valence-electron chi connectivity index (χ3n) is 0.484. The van der Waals surface area contributed by atoms with Crippen LogP contribution in [0.5, 0.6) is 0 Å². The number of hydrogen-bond acceptors (Lipinski definition) is 3. The Morgan fingerprint density at radius 3 is 2.38 bits per heavy atom. The molecule has 0 aromatic heterocycles. The summed E-state index contributed by atoms with van der Waals surface area (Å²) in [5.74, 6) is -1.15. The molecule has 0 aliphatic carbocycles. The van der Waals surface area contributed by atoms with Gasteiger partial charge in [-0.25, -0.2) is 0 Å². The Morgan fingerprint density at radius 1 is 1.75 bits per heavy atom. The van der Waals surface area contributed by atoms with Crippen molar-refractivity contribution in [2.24, 2.45) is 0 Å². The molecule has 8 heavy (non-hydrogen) atoms. The smallest absolute Gasteiger partial charge is 0.309 e. The molecule has 0 saturated carbocycles. The molecule has 0 amide bonds. The van der Waals surface area contributed by atoms with E-state index in [4.69, 9.17) is 10.5 Å². The molecule has 44 valence electrons. The summed E-state index contributed by atoms with van der Waals surface area (Å²) in [7, 11) is 0. The third kappa shape index (κ3) is 3.02. The Balaban J connectivity index is 3.55. The summed E-state index contributed by atoms with van der Waals surface area (Å²) in [5, 5.41) is 14.4. The topological polar surface area (TPSA) is 78.2 Å². The molecule has 0 spiro atoms. The Hall–Kier alpha value is -1.19. The third-order valence-corrected chi connectivity index (χ3v) is 0.484. The summed E-state index contributed by atoms with van der Waals surface area (Å²) in [6.07, 6.45) is -0.266. The van der Waals surface area contributed by atoms with Crippen LogP contribution in [0.25, 0.3) is 0 Å². The molecule has 0 aliphatic rings. The van der Waals surface area contributed by atoms with Gasteiger partial charge >= 0.3 is 5.97 Å². The van der Waals surface area contributed by atoms with E-state index in [1.54, 1.807) is 0 Å². The van der Waals surface area contributed by atoms with E-state index in [9.17, 15) is 9.59 Å². The molecule has 0 unspecified atom stereocenters. The standard InChI is InChI=1S/C4H5NO3/c5-3(2-6)1-4(7)8/h2,5H,1H2,(H,7,8). The number of hydrogen-bond donors (Lipinski definition) is 2. The maximum Gasteiger partial charge on any atom is 0.309 e. The first-order chi connectivity index (χ1) is 3.66. The van der Waals surface area contributed by atoms with Crippen molar-refractivity contribution >= 4 is 18.0 Å². The van der Waals surface area contributed by atoms with Crippen LogP contribution in [-0.2, 0) is 9.59 Å². The minimum atomic E-state index is -1.15. The van der Waals surface area contributed by atoms with Crippen LogP contribution < -0.4 is 0 Å². The van der Waals surface area contributed by atoms with Gasteiger partial charge in [-0.15, -0.1) is 0 Å². The van der Waals surface area contributed by atoms with Gasteiger partial charge in [-0.05, 0) is 0 Å². The fraction of sp³-hybridized carbons (Fsp3) is 0.250. The van der Waals surface area contributed by atoms with Gasteiger partial charge in [0, 0.05) is 0 Å². The minimum absolute atomic E-state index is 0.216. The molecular formula is C4H5NO3. The average Bonchev–Trinajstić information content (AvgIpc) is 1.65. The van der Waals surface area contributed by atoms with Gasteiger partial charge < -0.3 is 10.5 Å². The molecule has 0 saturated heterocycles. The van der Waals surface area contributed by atoms with E-state index in [1.807, 2.05) is 0 Å². The first-order valence-electron chi connectivity index (χ1n) is 1.91. The number of carbonyl (C=O) groups is 2. The summed E-state index contributed by atoms with van der Waals surface area (Å²) >= 11 is 0. The molecule has 4 heteroatoms. The van der Waals surface area contributed by atoms with Crippen molar-refractivity contribution in [2.75, 3.05) is 0 Å². The second-order valence-corrected chi connectivity index (χ2v) is 1.21. The zero-order valence-electron chi connectivity index (χ0n) is 4.05. The SMILES string of the molecule is N=C(C=O)CC(=O)O. The van der Waals surface area contributed by atoms with Crippen molar-refractivity contribution in [1.82, 2.24) is 0 Å². The predicted octanol–water partition coefficient (Wildman–Crippen LogP) is -0.320. The molecule has 0 aromatic carbocycles. The normalized spacial score (nSPS) is 8.00. The van der Waals surface area contributed by atoms with E-state index in [0.29, 0.717) is 0 Å². The fourth-order valence-corrected chi connectivity index (χ4v) is 0.205. The second kappa shape index (κ2) is 2.90. The first-order valence-corrected chi connectivity index (χ1v) is 1.91. The molecule has 0 bridgehead atoms. The molecule has 0 fully saturated rings. The van der Waals surface area contributed by atoms with Gasteiger partial charge in [-0.1, -0.05) is 0 Å². The molecule has 0 heterocycles. The number of carboxylic acids is 1. The van der Waals surface area contributed by atoms with Gasteiger partial charge in [0.05, 0.1) is 12.1 Å².